The van der Waals surface area contributed by atoms with E-state index in [0.29, 0.717) is 13.2 Å². The van der Waals surface area contributed by atoms with Gasteiger partial charge < -0.3 is 19.9 Å². The van der Waals surface area contributed by atoms with E-state index in [1.165, 1.54) is 11.1 Å². The summed E-state index contributed by atoms with van der Waals surface area (Å²) in [5.41, 5.74) is 4.57. The predicted molar refractivity (Wildman–Crippen MR) is 101 cm³/mol. The second-order valence-corrected chi connectivity index (χ2v) is 7.42. The van der Waals surface area contributed by atoms with E-state index < -0.39 is 0 Å². The maximum atomic E-state index is 14.6. The van der Waals surface area contributed by atoms with Crippen LogP contribution in [0.1, 0.15) is 11.1 Å². The molecule has 2 saturated heterocycles. The molecule has 0 saturated carbocycles. The summed E-state index contributed by atoms with van der Waals surface area (Å²) in [6.07, 6.45) is 0.909. The molecule has 3 aliphatic rings. The van der Waals surface area contributed by atoms with Crippen molar-refractivity contribution >= 4 is 11.4 Å². The van der Waals surface area contributed by atoms with Crippen LogP contribution in [0.2, 0.25) is 0 Å². The van der Waals surface area contributed by atoms with Gasteiger partial charge in [0.25, 0.3) is 0 Å². The summed E-state index contributed by atoms with van der Waals surface area (Å²) in [7, 11) is 0. The monoisotopic (exact) mass is 353 g/mol. The van der Waals surface area contributed by atoms with Crippen molar-refractivity contribution < 1.29 is 9.13 Å². The van der Waals surface area contributed by atoms with E-state index >= 15 is 0 Å². The average Bonchev–Trinajstić information content (AvgIpc) is 3.04. The van der Waals surface area contributed by atoms with Crippen molar-refractivity contribution in [2.24, 2.45) is 0 Å². The lowest BCUT2D eigenvalue weighted by Crippen LogP contribution is -2.57. The Morgan fingerprint density at radius 3 is 2.58 bits per heavy atom. The normalized spacial score (nSPS) is 25.1. The van der Waals surface area contributed by atoms with Gasteiger partial charge in [-0.15, -0.1) is 0 Å². The zero-order valence-electron chi connectivity index (χ0n) is 14.9. The molecule has 0 bridgehead atoms. The summed E-state index contributed by atoms with van der Waals surface area (Å²) in [5, 5.41) is 3.57. The first-order valence-electron chi connectivity index (χ1n) is 9.47. The molecule has 4 nitrogen and oxygen atoms in total. The van der Waals surface area contributed by atoms with Crippen molar-refractivity contribution in [1.29, 1.82) is 0 Å². The Morgan fingerprint density at radius 2 is 1.77 bits per heavy atom. The largest absolute Gasteiger partial charge is 0.378 e. The Balaban J connectivity index is 1.64. The van der Waals surface area contributed by atoms with Crippen molar-refractivity contribution in [1.82, 2.24) is 5.32 Å². The number of hydrogen-bond acceptors (Lipinski definition) is 4. The molecule has 0 radical (unpaired) electrons. The Labute approximate surface area is 153 Å². The third-order valence-corrected chi connectivity index (χ3v) is 6.04. The van der Waals surface area contributed by atoms with Gasteiger partial charge in [-0.25, -0.2) is 4.39 Å². The van der Waals surface area contributed by atoms with Crippen LogP contribution in [-0.2, 0) is 16.7 Å². The molecule has 2 fully saturated rings. The summed E-state index contributed by atoms with van der Waals surface area (Å²) in [6, 6.07) is 14.1. The Morgan fingerprint density at radius 1 is 1.00 bits per heavy atom. The van der Waals surface area contributed by atoms with E-state index in [9.17, 15) is 4.39 Å². The lowest BCUT2D eigenvalue weighted by atomic mass is 9.84. The van der Waals surface area contributed by atoms with Gasteiger partial charge in [0.05, 0.1) is 18.8 Å². The molecule has 1 N–H and O–H groups in total. The van der Waals surface area contributed by atoms with Crippen molar-refractivity contribution in [3.05, 3.63) is 59.4 Å². The summed E-state index contributed by atoms with van der Waals surface area (Å²) in [5.74, 6) is -0.146. The van der Waals surface area contributed by atoms with Crippen LogP contribution >= 0.6 is 0 Å². The van der Waals surface area contributed by atoms with Gasteiger partial charge in [0, 0.05) is 56.1 Å². The van der Waals surface area contributed by atoms with Crippen molar-refractivity contribution in [2.75, 3.05) is 55.7 Å². The molecule has 2 aromatic rings. The minimum Gasteiger partial charge on any atom is -0.378 e. The number of fused-ring (bicyclic) bond motifs is 3. The van der Waals surface area contributed by atoms with Crippen molar-refractivity contribution in [3.63, 3.8) is 0 Å². The topological polar surface area (TPSA) is 27.7 Å². The van der Waals surface area contributed by atoms with Gasteiger partial charge in [-0.3, -0.25) is 0 Å². The number of piperazine rings is 1. The van der Waals surface area contributed by atoms with Crippen molar-refractivity contribution in [2.45, 2.75) is 12.0 Å². The quantitative estimate of drug-likeness (QED) is 0.898. The lowest BCUT2D eigenvalue weighted by molar-refractivity contribution is 0.122. The second kappa shape index (κ2) is 6.25. The second-order valence-electron chi connectivity index (χ2n) is 7.42. The highest BCUT2D eigenvalue weighted by molar-refractivity contribution is 5.74. The molecule has 3 heterocycles. The van der Waals surface area contributed by atoms with E-state index in [0.717, 1.165) is 50.5 Å². The molecule has 0 spiro atoms. The molecule has 1 atom stereocenters. The number of benzene rings is 2. The van der Waals surface area contributed by atoms with Gasteiger partial charge >= 0.3 is 0 Å². The minimum atomic E-state index is -0.146. The zero-order chi connectivity index (χ0) is 17.6. The van der Waals surface area contributed by atoms with Gasteiger partial charge in [-0.1, -0.05) is 30.3 Å². The van der Waals surface area contributed by atoms with Crippen LogP contribution in [0, 0.1) is 5.82 Å². The van der Waals surface area contributed by atoms with Gasteiger partial charge in [0.2, 0.25) is 0 Å². The zero-order valence-corrected chi connectivity index (χ0v) is 14.9. The van der Waals surface area contributed by atoms with Crippen LogP contribution in [-0.4, -0.2) is 45.9 Å². The first-order valence-corrected chi connectivity index (χ1v) is 9.47. The summed E-state index contributed by atoms with van der Waals surface area (Å²) < 4.78 is 20.1. The summed E-state index contributed by atoms with van der Waals surface area (Å²) in [6.45, 7) is 5.78. The smallest absolute Gasteiger partial charge is 0.127 e. The molecule has 0 unspecified atom stereocenters. The first-order chi connectivity index (χ1) is 12.8. The van der Waals surface area contributed by atoms with Crippen LogP contribution in [0.5, 0.6) is 0 Å². The fraction of sp³-hybridized carbons (Fsp3) is 0.429. The molecule has 136 valence electrons. The molecule has 0 amide bonds. The number of halogens is 1. The molecule has 0 aromatic heterocycles. The fourth-order valence-electron chi connectivity index (χ4n) is 4.82. The van der Waals surface area contributed by atoms with Gasteiger partial charge in [-0.05, 0) is 17.7 Å². The number of ether oxygens (including phenoxy) is 1. The molecule has 2 aromatic carbocycles. The van der Waals surface area contributed by atoms with Crippen LogP contribution in [0.25, 0.3) is 0 Å². The molecule has 26 heavy (non-hydrogen) atoms. The van der Waals surface area contributed by atoms with Crippen LogP contribution in [0.3, 0.4) is 0 Å². The first kappa shape index (κ1) is 16.1. The third-order valence-electron chi connectivity index (χ3n) is 6.04. The van der Waals surface area contributed by atoms with E-state index in [-0.39, 0.29) is 11.4 Å². The van der Waals surface area contributed by atoms with Gasteiger partial charge in [0.1, 0.15) is 5.82 Å². The standard InChI is InChI=1S/C21H24FN3O/c22-17-12-19(24-8-10-26-11-9-24)18-14-21(16-4-2-1-3-5-16)15-23-6-7-25(21)20(18)13-17/h1-5,12-13,23H,6-11,14-15H2/t21-/m1/s1. The number of nitrogens with one attached hydrogen (secondary N) is 1. The minimum absolute atomic E-state index is 0.128. The number of morpholine rings is 1. The van der Waals surface area contributed by atoms with E-state index in [1.54, 1.807) is 12.1 Å². The summed E-state index contributed by atoms with van der Waals surface area (Å²) in [4.78, 5) is 4.72. The highest BCUT2D eigenvalue weighted by Gasteiger charge is 2.47. The Kier molecular flexibility index (Phi) is 3.87. The number of anilines is 2. The Bertz CT molecular complexity index is 806. The molecule has 5 heteroatoms. The van der Waals surface area contributed by atoms with Gasteiger partial charge in [-0.2, -0.15) is 0 Å². The maximum Gasteiger partial charge on any atom is 0.127 e. The van der Waals surface area contributed by atoms with Crippen LogP contribution < -0.4 is 15.1 Å². The molecular formula is C21H24FN3O. The van der Waals surface area contributed by atoms with Crippen molar-refractivity contribution in [3.8, 4) is 0 Å². The highest BCUT2D eigenvalue weighted by atomic mass is 19.1. The summed E-state index contributed by atoms with van der Waals surface area (Å²) >= 11 is 0. The van der Waals surface area contributed by atoms with Gasteiger partial charge in [0.15, 0.2) is 0 Å². The SMILES string of the molecule is Fc1cc(N2CCOCC2)c2c(c1)N1CCNC[C@@]1(c1ccccc1)C2. The predicted octanol–water partition coefficient (Wildman–Crippen LogP) is 2.52. The lowest BCUT2D eigenvalue weighted by Gasteiger charge is -2.45. The maximum absolute atomic E-state index is 14.6. The Hall–Kier alpha value is -2.11. The van der Waals surface area contributed by atoms with Crippen LogP contribution in [0.4, 0.5) is 15.8 Å². The molecular weight excluding hydrogens is 329 g/mol. The third kappa shape index (κ3) is 2.42. The number of hydrogen-bond donors (Lipinski definition) is 1. The molecule has 5 rings (SSSR count). The van der Waals surface area contributed by atoms with E-state index in [1.807, 2.05) is 0 Å². The number of nitrogens with zero attached hydrogens (tertiary/aromatic N) is 2. The molecule has 0 aliphatic carbocycles. The van der Waals surface area contributed by atoms with E-state index in [4.69, 9.17) is 4.74 Å². The fourth-order valence-corrected chi connectivity index (χ4v) is 4.82. The molecule has 3 aliphatic heterocycles. The average molecular weight is 353 g/mol. The highest BCUT2D eigenvalue weighted by Crippen LogP contribution is 2.49. The van der Waals surface area contributed by atoms with Crippen LogP contribution in [0.15, 0.2) is 42.5 Å². The van der Waals surface area contributed by atoms with E-state index in [2.05, 4.69) is 45.4 Å². The number of rotatable bonds is 2.